The molecule has 0 saturated carbocycles. The second kappa shape index (κ2) is 5.21. The van der Waals surface area contributed by atoms with Crippen LogP contribution in [0.3, 0.4) is 0 Å². The lowest BCUT2D eigenvalue weighted by molar-refractivity contribution is -0.146. The average molecular weight is 301 g/mol. The van der Waals surface area contributed by atoms with Crippen molar-refractivity contribution in [3.8, 4) is 0 Å². The van der Waals surface area contributed by atoms with Crippen molar-refractivity contribution in [2.75, 3.05) is 7.11 Å². The Balaban J connectivity index is 2.25. The Kier molecular flexibility index (Phi) is 3.86. The van der Waals surface area contributed by atoms with Gasteiger partial charge in [-0.05, 0) is 35.2 Å². The van der Waals surface area contributed by atoms with Crippen LogP contribution < -0.4 is 0 Å². The van der Waals surface area contributed by atoms with Crippen molar-refractivity contribution < 1.29 is 9.53 Å². The van der Waals surface area contributed by atoms with Crippen molar-refractivity contribution >= 4 is 21.9 Å². The third kappa shape index (κ3) is 2.39. The maximum atomic E-state index is 11.6. The summed E-state index contributed by atoms with van der Waals surface area (Å²) in [5, 5.41) is 0. The molecule has 1 aromatic rings. The molecule has 2 heterocycles. The van der Waals surface area contributed by atoms with E-state index >= 15 is 0 Å². The summed E-state index contributed by atoms with van der Waals surface area (Å²) in [5.41, 5.74) is 1.22. The first-order chi connectivity index (χ1) is 8.17. The number of aryl methyl sites for hydroxylation is 1. The normalized spacial score (nSPS) is 18.9. The first-order valence-corrected chi connectivity index (χ1v) is 6.78. The van der Waals surface area contributed by atoms with E-state index in [-0.39, 0.29) is 11.9 Å². The molecule has 17 heavy (non-hydrogen) atoms. The van der Waals surface area contributed by atoms with E-state index in [1.165, 1.54) is 12.8 Å². The van der Waals surface area contributed by atoms with Gasteiger partial charge in [0, 0.05) is 13.0 Å². The number of hydrogen-bond acceptors (Lipinski definition) is 3. The highest BCUT2D eigenvalue weighted by Crippen LogP contribution is 2.28. The number of rotatable bonds is 3. The predicted octanol–water partition coefficient (Wildman–Crippen LogP) is 2.33. The minimum atomic E-state index is -0.108. The minimum absolute atomic E-state index is 0.0239. The summed E-state index contributed by atoms with van der Waals surface area (Å²) in [6.45, 7) is 2.84. The van der Waals surface area contributed by atoms with Crippen molar-refractivity contribution in [3.63, 3.8) is 0 Å². The van der Waals surface area contributed by atoms with Crippen LogP contribution in [0, 0.1) is 5.92 Å². The largest absolute Gasteiger partial charge is 0.469 e. The number of methoxy groups -OCH3 is 1. The molecule has 1 unspecified atom stereocenters. The van der Waals surface area contributed by atoms with Gasteiger partial charge >= 0.3 is 5.97 Å². The fourth-order valence-corrected chi connectivity index (χ4v) is 2.97. The topological polar surface area (TPSA) is 44.1 Å². The van der Waals surface area contributed by atoms with Crippen LogP contribution in [0.25, 0.3) is 0 Å². The van der Waals surface area contributed by atoms with Gasteiger partial charge in [-0.3, -0.25) is 4.79 Å². The third-order valence-corrected chi connectivity index (χ3v) is 3.88. The van der Waals surface area contributed by atoms with Crippen LogP contribution >= 0.6 is 15.9 Å². The summed E-state index contributed by atoms with van der Waals surface area (Å²) in [5.74, 6) is 0.940. The number of halogens is 1. The summed E-state index contributed by atoms with van der Waals surface area (Å²) >= 11 is 3.50. The molecule has 0 saturated heterocycles. The van der Waals surface area contributed by atoms with Crippen LogP contribution in [0.1, 0.15) is 31.3 Å². The SMILES string of the molecule is CCCc1nc(Br)c2n1CC(C(=O)OC)CC2. The maximum absolute atomic E-state index is 11.6. The van der Waals surface area contributed by atoms with Gasteiger partial charge in [-0.2, -0.15) is 0 Å². The highest BCUT2D eigenvalue weighted by Gasteiger charge is 2.28. The van der Waals surface area contributed by atoms with Crippen molar-refractivity contribution in [1.82, 2.24) is 9.55 Å². The van der Waals surface area contributed by atoms with E-state index in [1.807, 2.05) is 0 Å². The number of carbonyl (C=O) groups excluding carboxylic acids is 1. The van der Waals surface area contributed by atoms with Gasteiger partial charge in [0.05, 0.1) is 18.7 Å². The van der Waals surface area contributed by atoms with Crippen molar-refractivity contribution in [1.29, 1.82) is 0 Å². The highest BCUT2D eigenvalue weighted by molar-refractivity contribution is 9.10. The van der Waals surface area contributed by atoms with Crippen LogP contribution in [-0.4, -0.2) is 22.6 Å². The van der Waals surface area contributed by atoms with Crippen LogP contribution in [0.2, 0.25) is 0 Å². The quantitative estimate of drug-likeness (QED) is 0.805. The summed E-state index contributed by atoms with van der Waals surface area (Å²) in [4.78, 5) is 16.1. The summed E-state index contributed by atoms with van der Waals surface area (Å²) in [6, 6.07) is 0. The molecule has 2 rings (SSSR count). The minimum Gasteiger partial charge on any atom is -0.469 e. The van der Waals surface area contributed by atoms with Gasteiger partial charge in [0.25, 0.3) is 0 Å². The zero-order valence-corrected chi connectivity index (χ0v) is 11.8. The molecule has 0 spiro atoms. The number of ether oxygens (including phenoxy) is 1. The smallest absolute Gasteiger partial charge is 0.310 e. The molecule has 0 aromatic carbocycles. The molecule has 0 N–H and O–H groups in total. The van der Waals surface area contributed by atoms with E-state index in [1.54, 1.807) is 0 Å². The first-order valence-electron chi connectivity index (χ1n) is 5.99. The molecule has 5 heteroatoms. The molecular formula is C12H17BrN2O2. The molecule has 94 valence electrons. The van der Waals surface area contributed by atoms with E-state index in [4.69, 9.17) is 4.74 Å². The maximum Gasteiger partial charge on any atom is 0.310 e. The molecule has 1 aliphatic rings. The number of carbonyl (C=O) groups is 1. The predicted molar refractivity (Wildman–Crippen MR) is 67.7 cm³/mol. The molecule has 1 aromatic heterocycles. The fourth-order valence-electron chi connectivity index (χ4n) is 2.36. The lowest BCUT2D eigenvalue weighted by Crippen LogP contribution is -2.28. The van der Waals surface area contributed by atoms with E-state index in [0.717, 1.165) is 36.1 Å². The van der Waals surface area contributed by atoms with Crippen LogP contribution in [0.5, 0.6) is 0 Å². The van der Waals surface area contributed by atoms with Crippen LogP contribution in [0.15, 0.2) is 4.60 Å². The molecule has 0 bridgehead atoms. The van der Waals surface area contributed by atoms with Crippen molar-refractivity contribution in [2.45, 2.75) is 39.2 Å². The zero-order chi connectivity index (χ0) is 12.4. The molecule has 0 aliphatic carbocycles. The first kappa shape index (κ1) is 12.6. The van der Waals surface area contributed by atoms with Crippen LogP contribution in [-0.2, 0) is 28.9 Å². The Labute approximate surface area is 109 Å². The Morgan fingerprint density at radius 1 is 1.65 bits per heavy atom. The number of aromatic nitrogens is 2. The monoisotopic (exact) mass is 300 g/mol. The molecule has 0 amide bonds. The van der Waals surface area contributed by atoms with Crippen LogP contribution in [0.4, 0.5) is 0 Å². The van der Waals surface area contributed by atoms with Gasteiger partial charge in [-0.25, -0.2) is 4.98 Å². The van der Waals surface area contributed by atoms with Crippen molar-refractivity contribution in [3.05, 3.63) is 16.1 Å². The Hall–Kier alpha value is -0.840. The summed E-state index contributed by atoms with van der Waals surface area (Å²) in [7, 11) is 1.45. The highest BCUT2D eigenvalue weighted by atomic mass is 79.9. The molecule has 0 fully saturated rings. The average Bonchev–Trinajstić information content (AvgIpc) is 2.65. The number of nitrogens with zero attached hydrogens (tertiary/aromatic N) is 2. The molecule has 4 nitrogen and oxygen atoms in total. The Bertz CT molecular complexity index is 428. The standard InChI is InChI=1S/C12H17BrN2O2/c1-3-4-10-14-11(13)9-6-5-8(7-15(9)10)12(16)17-2/h8H,3-7H2,1-2H3. The molecule has 1 aliphatic heterocycles. The Morgan fingerprint density at radius 2 is 2.41 bits per heavy atom. The zero-order valence-electron chi connectivity index (χ0n) is 10.2. The van der Waals surface area contributed by atoms with Gasteiger partial charge in [0.15, 0.2) is 0 Å². The molecule has 0 radical (unpaired) electrons. The van der Waals surface area contributed by atoms with E-state index in [9.17, 15) is 4.79 Å². The van der Waals surface area contributed by atoms with Gasteiger partial charge in [0.1, 0.15) is 10.4 Å². The fraction of sp³-hybridized carbons (Fsp3) is 0.667. The van der Waals surface area contributed by atoms with Gasteiger partial charge in [-0.1, -0.05) is 6.92 Å². The molecular weight excluding hydrogens is 284 g/mol. The Morgan fingerprint density at radius 3 is 3.06 bits per heavy atom. The molecule has 1 atom stereocenters. The van der Waals surface area contributed by atoms with Gasteiger partial charge < -0.3 is 9.30 Å². The number of imidazole rings is 1. The number of hydrogen-bond donors (Lipinski definition) is 0. The number of esters is 1. The second-order valence-corrected chi connectivity index (χ2v) is 5.14. The summed E-state index contributed by atoms with van der Waals surface area (Å²) in [6.07, 6.45) is 3.75. The van der Waals surface area contributed by atoms with Gasteiger partial charge in [-0.15, -0.1) is 0 Å². The van der Waals surface area contributed by atoms with Crippen molar-refractivity contribution in [2.24, 2.45) is 5.92 Å². The summed E-state index contributed by atoms with van der Waals surface area (Å²) < 4.78 is 7.94. The third-order valence-electron chi connectivity index (χ3n) is 3.24. The van der Waals surface area contributed by atoms with Gasteiger partial charge in [0.2, 0.25) is 0 Å². The number of fused-ring (bicyclic) bond motifs is 1. The lowest BCUT2D eigenvalue weighted by Gasteiger charge is -2.23. The lowest BCUT2D eigenvalue weighted by atomic mass is 9.98. The van der Waals surface area contributed by atoms with E-state index in [2.05, 4.69) is 32.4 Å². The second-order valence-electron chi connectivity index (χ2n) is 4.38. The van der Waals surface area contributed by atoms with E-state index in [0.29, 0.717) is 6.54 Å². The van der Waals surface area contributed by atoms with E-state index < -0.39 is 0 Å².